The number of carbonyl (C=O) groups is 2. The molecule has 0 bridgehead atoms. The summed E-state index contributed by atoms with van der Waals surface area (Å²) in [6, 6.07) is 16.2. The van der Waals surface area contributed by atoms with Gasteiger partial charge in [-0.25, -0.2) is 0 Å². The molecule has 0 fully saturated rings. The normalized spacial score (nSPS) is 13.0. The molecular weight excluding hydrogens is 356 g/mol. The fourth-order valence-electron chi connectivity index (χ4n) is 2.74. The van der Waals surface area contributed by atoms with Crippen LogP contribution >= 0.6 is 0 Å². The molecule has 0 aliphatic heterocycles. The molecule has 6 nitrogen and oxygen atoms in total. The van der Waals surface area contributed by atoms with E-state index in [0.29, 0.717) is 18.8 Å². The van der Waals surface area contributed by atoms with Crippen molar-refractivity contribution in [3.8, 4) is 5.75 Å². The molecule has 150 valence electrons. The highest BCUT2D eigenvalue weighted by atomic mass is 16.5. The molecule has 6 heteroatoms. The second kappa shape index (κ2) is 10.5. The molecule has 0 aromatic heterocycles. The highest BCUT2D eigenvalue weighted by Crippen LogP contribution is 2.15. The van der Waals surface area contributed by atoms with Crippen molar-refractivity contribution < 1.29 is 19.4 Å². The van der Waals surface area contributed by atoms with Gasteiger partial charge in [-0.1, -0.05) is 56.3 Å². The number of nitrogens with one attached hydrogen (secondary N) is 1. The van der Waals surface area contributed by atoms with E-state index < -0.39 is 24.0 Å². The third-order valence-corrected chi connectivity index (χ3v) is 4.27. The molecular formula is C22H28N2O4. The predicted molar refractivity (Wildman–Crippen MR) is 108 cm³/mol. The number of amides is 2. The third-order valence-electron chi connectivity index (χ3n) is 4.27. The third kappa shape index (κ3) is 7.04. The maximum Gasteiger partial charge on any atom is 0.249 e. The Labute approximate surface area is 165 Å². The van der Waals surface area contributed by atoms with Crippen LogP contribution in [0.15, 0.2) is 54.6 Å². The number of ether oxygens (including phenoxy) is 1. The molecule has 4 N–H and O–H groups in total. The smallest absolute Gasteiger partial charge is 0.249 e. The van der Waals surface area contributed by atoms with Gasteiger partial charge >= 0.3 is 0 Å². The van der Waals surface area contributed by atoms with Gasteiger partial charge in [0.25, 0.3) is 0 Å². The van der Waals surface area contributed by atoms with E-state index in [9.17, 15) is 14.7 Å². The molecule has 2 aromatic carbocycles. The standard InChI is InChI=1S/C22H28N2O4/c1-15(2)12-20(25)22(27)24-19(21(23)26)13-16-8-10-18(11-9-16)28-14-17-6-4-3-5-7-17/h3-11,15,19-20,25H,12-14H2,1-2H3,(H2,23,26)(H,24,27)/t19-,20+/m0/s1. The number of hydrogen-bond donors (Lipinski definition) is 3. The summed E-state index contributed by atoms with van der Waals surface area (Å²) in [7, 11) is 0. The van der Waals surface area contributed by atoms with Crippen molar-refractivity contribution >= 4 is 11.8 Å². The zero-order chi connectivity index (χ0) is 20.5. The first-order valence-corrected chi connectivity index (χ1v) is 9.38. The van der Waals surface area contributed by atoms with Gasteiger partial charge in [0.2, 0.25) is 11.8 Å². The molecule has 2 aromatic rings. The summed E-state index contributed by atoms with van der Waals surface area (Å²) in [5.41, 5.74) is 7.32. The van der Waals surface area contributed by atoms with Gasteiger partial charge in [-0.05, 0) is 35.6 Å². The fraction of sp³-hybridized carbons (Fsp3) is 0.364. The minimum Gasteiger partial charge on any atom is -0.489 e. The number of nitrogens with two attached hydrogens (primary N) is 1. The van der Waals surface area contributed by atoms with Crippen LogP contribution in [-0.4, -0.2) is 29.1 Å². The molecule has 2 atom stereocenters. The molecule has 0 aliphatic rings. The largest absolute Gasteiger partial charge is 0.489 e. The van der Waals surface area contributed by atoms with Gasteiger partial charge in [-0.15, -0.1) is 0 Å². The van der Waals surface area contributed by atoms with Gasteiger partial charge in [0, 0.05) is 6.42 Å². The van der Waals surface area contributed by atoms with E-state index >= 15 is 0 Å². The van der Waals surface area contributed by atoms with Crippen molar-refractivity contribution in [1.29, 1.82) is 0 Å². The van der Waals surface area contributed by atoms with E-state index in [1.165, 1.54) is 0 Å². The Morgan fingerprint density at radius 1 is 1.04 bits per heavy atom. The molecule has 0 saturated carbocycles. The van der Waals surface area contributed by atoms with Crippen molar-refractivity contribution in [2.75, 3.05) is 0 Å². The van der Waals surface area contributed by atoms with E-state index in [1.54, 1.807) is 0 Å². The van der Waals surface area contributed by atoms with E-state index in [-0.39, 0.29) is 12.3 Å². The van der Waals surface area contributed by atoms with Crippen LogP contribution in [0.5, 0.6) is 5.75 Å². The van der Waals surface area contributed by atoms with Gasteiger partial charge in [-0.3, -0.25) is 9.59 Å². The Balaban J connectivity index is 1.92. The Hall–Kier alpha value is -2.86. The first kappa shape index (κ1) is 21.4. The van der Waals surface area contributed by atoms with E-state index in [1.807, 2.05) is 68.4 Å². The zero-order valence-corrected chi connectivity index (χ0v) is 16.3. The summed E-state index contributed by atoms with van der Waals surface area (Å²) in [6.45, 7) is 4.28. The lowest BCUT2D eigenvalue weighted by molar-refractivity contribution is -0.133. The van der Waals surface area contributed by atoms with Crippen LogP contribution in [0.2, 0.25) is 0 Å². The summed E-state index contributed by atoms with van der Waals surface area (Å²) in [5.74, 6) is -0.356. The zero-order valence-electron chi connectivity index (χ0n) is 16.3. The summed E-state index contributed by atoms with van der Waals surface area (Å²) in [6.07, 6.45) is -0.588. The number of primary amides is 1. The van der Waals surface area contributed by atoms with Gasteiger partial charge in [0.15, 0.2) is 0 Å². The number of aliphatic hydroxyl groups excluding tert-OH is 1. The van der Waals surface area contributed by atoms with Crippen molar-refractivity contribution in [2.45, 2.75) is 45.4 Å². The van der Waals surface area contributed by atoms with E-state index in [4.69, 9.17) is 10.5 Å². The second-order valence-corrected chi connectivity index (χ2v) is 7.23. The number of carbonyl (C=O) groups excluding carboxylic acids is 2. The average molecular weight is 384 g/mol. The Bertz CT molecular complexity index is 760. The SMILES string of the molecule is CC(C)C[C@@H](O)C(=O)N[C@@H](Cc1ccc(OCc2ccccc2)cc1)C(N)=O. The first-order chi connectivity index (χ1) is 13.3. The lowest BCUT2D eigenvalue weighted by Gasteiger charge is -2.19. The van der Waals surface area contributed by atoms with Crippen LogP contribution in [-0.2, 0) is 22.6 Å². The number of rotatable bonds is 10. The summed E-state index contributed by atoms with van der Waals surface area (Å²) >= 11 is 0. The monoisotopic (exact) mass is 384 g/mol. The van der Waals surface area contributed by atoms with Crippen LogP contribution in [0.25, 0.3) is 0 Å². The second-order valence-electron chi connectivity index (χ2n) is 7.23. The summed E-state index contributed by atoms with van der Waals surface area (Å²) in [4.78, 5) is 23.8. The summed E-state index contributed by atoms with van der Waals surface area (Å²) in [5, 5.41) is 12.4. The molecule has 0 spiro atoms. The van der Waals surface area contributed by atoms with Crippen LogP contribution < -0.4 is 15.8 Å². The first-order valence-electron chi connectivity index (χ1n) is 9.38. The maximum atomic E-state index is 12.1. The van der Waals surface area contributed by atoms with Crippen molar-refractivity contribution in [1.82, 2.24) is 5.32 Å². The van der Waals surface area contributed by atoms with E-state index in [2.05, 4.69) is 5.32 Å². The summed E-state index contributed by atoms with van der Waals surface area (Å²) < 4.78 is 5.74. The molecule has 0 radical (unpaired) electrons. The molecule has 0 unspecified atom stereocenters. The molecule has 0 heterocycles. The molecule has 0 saturated heterocycles. The number of hydrogen-bond acceptors (Lipinski definition) is 4. The van der Waals surface area contributed by atoms with Crippen molar-refractivity contribution in [3.63, 3.8) is 0 Å². The minimum absolute atomic E-state index is 0.163. The Morgan fingerprint density at radius 2 is 1.68 bits per heavy atom. The topological polar surface area (TPSA) is 102 Å². The minimum atomic E-state index is -1.16. The van der Waals surface area contributed by atoms with Gasteiger partial charge in [-0.2, -0.15) is 0 Å². The van der Waals surface area contributed by atoms with Gasteiger partial charge in [0.05, 0.1) is 0 Å². The molecule has 2 rings (SSSR count). The lowest BCUT2D eigenvalue weighted by Crippen LogP contribution is -2.49. The highest BCUT2D eigenvalue weighted by Gasteiger charge is 2.23. The van der Waals surface area contributed by atoms with Crippen molar-refractivity contribution in [2.24, 2.45) is 11.7 Å². The van der Waals surface area contributed by atoms with E-state index in [0.717, 1.165) is 11.1 Å². The maximum absolute atomic E-state index is 12.1. The van der Waals surface area contributed by atoms with Gasteiger partial charge in [0.1, 0.15) is 24.5 Å². The van der Waals surface area contributed by atoms with Crippen LogP contribution in [0.4, 0.5) is 0 Å². The fourth-order valence-corrected chi connectivity index (χ4v) is 2.74. The number of aliphatic hydroxyl groups is 1. The quantitative estimate of drug-likeness (QED) is 0.584. The van der Waals surface area contributed by atoms with Crippen molar-refractivity contribution in [3.05, 3.63) is 65.7 Å². The van der Waals surface area contributed by atoms with Crippen LogP contribution in [0, 0.1) is 5.92 Å². The highest BCUT2D eigenvalue weighted by molar-refractivity contribution is 5.88. The average Bonchev–Trinajstić information content (AvgIpc) is 2.67. The van der Waals surface area contributed by atoms with Crippen LogP contribution in [0.3, 0.4) is 0 Å². The van der Waals surface area contributed by atoms with Crippen LogP contribution in [0.1, 0.15) is 31.4 Å². The lowest BCUT2D eigenvalue weighted by atomic mass is 10.0. The Kier molecular flexibility index (Phi) is 8.02. The number of benzene rings is 2. The Morgan fingerprint density at radius 3 is 2.25 bits per heavy atom. The van der Waals surface area contributed by atoms with Gasteiger partial charge < -0.3 is 20.9 Å². The molecule has 2 amide bonds. The molecule has 0 aliphatic carbocycles. The molecule has 28 heavy (non-hydrogen) atoms. The predicted octanol–water partition coefficient (Wildman–Crippen LogP) is 2.19.